The summed E-state index contributed by atoms with van der Waals surface area (Å²) in [7, 11) is 0. The molecule has 6 heteroatoms. The van der Waals surface area contributed by atoms with E-state index in [0.29, 0.717) is 6.54 Å². The van der Waals surface area contributed by atoms with Gasteiger partial charge in [0.25, 0.3) is 0 Å². The molecule has 2 unspecified atom stereocenters. The van der Waals surface area contributed by atoms with Gasteiger partial charge in [0.1, 0.15) is 11.6 Å². The number of aliphatic hydroxyl groups is 1. The molecule has 2 atom stereocenters. The number of nitrogens with zero attached hydrogens (tertiary/aromatic N) is 1. The minimum Gasteiger partial charge on any atom is -0.394 e. The summed E-state index contributed by atoms with van der Waals surface area (Å²) in [5.74, 6) is -1.65. The molecule has 1 fully saturated rings. The summed E-state index contributed by atoms with van der Waals surface area (Å²) in [5.41, 5.74) is 0.163. The quantitative estimate of drug-likeness (QED) is 0.905. The molecule has 0 aliphatic carbocycles. The smallest absolute Gasteiger partial charge is 0.227 e. The molecule has 1 heterocycles. The van der Waals surface area contributed by atoms with Gasteiger partial charge in [0.2, 0.25) is 5.91 Å². The molecule has 20 heavy (non-hydrogen) atoms. The van der Waals surface area contributed by atoms with Gasteiger partial charge in [-0.25, -0.2) is 8.78 Å². The highest BCUT2D eigenvalue weighted by atomic mass is 19.1. The fraction of sp³-hybridized carbons (Fsp3) is 0.500. The monoisotopic (exact) mass is 285 g/mol. The normalized spacial score (nSPS) is 22.9. The van der Waals surface area contributed by atoms with Crippen molar-refractivity contribution in [2.45, 2.75) is 25.6 Å². The van der Waals surface area contributed by atoms with Gasteiger partial charge in [0, 0.05) is 19.2 Å². The molecule has 1 aromatic carbocycles. The number of amides is 1. The summed E-state index contributed by atoms with van der Waals surface area (Å²) >= 11 is 0. The Morgan fingerprint density at radius 1 is 1.45 bits per heavy atom. The minimum atomic E-state index is -0.724. The van der Waals surface area contributed by atoms with Crippen molar-refractivity contribution in [2.75, 3.05) is 19.7 Å². The highest BCUT2D eigenvalue weighted by molar-refractivity contribution is 5.79. The van der Waals surface area contributed by atoms with E-state index in [4.69, 9.17) is 9.84 Å². The number of hydrogen-bond donors (Lipinski definition) is 1. The molecule has 0 saturated carbocycles. The number of carbonyl (C=O) groups excluding carboxylic acids is 1. The van der Waals surface area contributed by atoms with Crippen molar-refractivity contribution >= 4 is 5.91 Å². The number of morpholine rings is 1. The lowest BCUT2D eigenvalue weighted by molar-refractivity contribution is -0.146. The Hall–Kier alpha value is -1.53. The van der Waals surface area contributed by atoms with Crippen molar-refractivity contribution < 1.29 is 23.4 Å². The van der Waals surface area contributed by atoms with Crippen LogP contribution in [0.1, 0.15) is 12.5 Å². The first kappa shape index (κ1) is 14.9. The van der Waals surface area contributed by atoms with E-state index in [1.165, 1.54) is 11.0 Å². The first-order chi connectivity index (χ1) is 9.49. The third-order valence-corrected chi connectivity index (χ3v) is 3.24. The summed E-state index contributed by atoms with van der Waals surface area (Å²) in [5, 5.41) is 9.11. The van der Waals surface area contributed by atoms with E-state index in [9.17, 15) is 13.6 Å². The zero-order valence-corrected chi connectivity index (χ0v) is 11.2. The van der Waals surface area contributed by atoms with Gasteiger partial charge in [0.05, 0.1) is 25.2 Å². The van der Waals surface area contributed by atoms with Crippen LogP contribution in [0.3, 0.4) is 0 Å². The van der Waals surface area contributed by atoms with Crippen LogP contribution in [-0.4, -0.2) is 47.8 Å². The summed E-state index contributed by atoms with van der Waals surface area (Å²) in [6.07, 6.45) is -0.722. The molecule has 1 amide bonds. The van der Waals surface area contributed by atoms with E-state index >= 15 is 0 Å². The Kier molecular flexibility index (Phi) is 4.67. The van der Waals surface area contributed by atoms with Crippen molar-refractivity contribution in [1.82, 2.24) is 4.90 Å². The molecule has 2 rings (SSSR count). The highest BCUT2D eigenvalue weighted by Crippen LogP contribution is 2.15. The lowest BCUT2D eigenvalue weighted by Gasteiger charge is -2.36. The average molecular weight is 285 g/mol. The van der Waals surface area contributed by atoms with E-state index in [-0.39, 0.29) is 37.1 Å². The predicted octanol–water partition coefficient (Wildman–Crippen LogP) is 1.12. The molecular weight excluding hydrogens is 268 g/mol. The number of carbonyl (C=O) groups is 1. The van der Waals surface area contributed by atoms with Crippen LogP contribution < -0.4 is 0 Å². The van der Waals surface area contributed by atoms with Gasteiger partial charge in [-0.15, -0.1) is 0 Å². The van der Waals surface area contributed by atoms with E-state index in [1.807, 2.05) is 0 Å². The van der Waals surface area contributed by atoms with Gasteiger partial charge < -0.3 is 14.7 Å². The number of rotatable bonds is 3. The lowest BCUT2D eigenvalue weighted by atomic mass is 10.1. The van der Waals surface area contributed by atoms with Gasteiger partial charge in [-0.05, 0) is 18.6 Å². The standard InChI is InChI=1S/C14H17F2NO3/c1-9-6-17(7-12(8-18)20-9)14(19)4-10-2-3-11(15)5-13(10)16/h2-3,5,9,12,18H,4,6-8H2,1H3. The predicted molar refractivity (Wildman–Crippen MR) is 68.1 cm³/mol. The average Bonchev–Trinajstić information content (AvgIpc) is 2.41. The van der Waals surface area contributed by atoms with Crippen molar-refractivity contribution in [3.8, 4) is 0 Å². The van der Waals surface area contributed by atoms with Crippen LogP contribution >= 0.6 is 0 Å². The first-order valence-electron chi connectivity index (χ1n) is 6.47. The highest BCUT2D eigenvalue weighted by Gasteiger charge is 2.28. The Balaban J connectivity index is 2.03. The molecule has 0 bridgehead atoms. The number of halogens is 2. The van der Waals surface area contributed by atoms with Gasteiger partial charge in [-0.1, -0.05) is 6.07 Å². The largest absolute Gasteiger partial charge is 0.394 e. The number of ether oxygens (including phenoxy) is 1. The van der Waals surface area contributed by atoms with Crippen molar-refractivity contribution in [2.24, 2.45) is 0 Å². The fourth-order valence-electron chi connectivity index (χ4n) is 2.29. The molecular formula is C14H17F2NO3. The van der Waals surface area contributed by atoms with Gasteiger partial charge in [-0.2, -0.15) is 0 Å². The van der Waals surface area contributed by atoms with Crippen LogP contribution in [0.4, 0.5) is 8.78 Å². The molecule has 1 aliphatic heterocycles. The Labute approximate surface area is 116 Å². The van der Waals surface area contributed by atoms with Crippen molar-refractivity contribution in [3.63, 3.8) is 0 Å². The molecule has 4 nitrogen and oxygen atoms in total. The van der Waals surface area contributed by atoms with Crippen molar-refractivity contribution in [3.05, 3.63) is 35.4 Å². The number of aliphatic hydroxyl groups excluding tert-OH is 1. The SMILES string of the molecule is CC1CN(C(=O)Cc2ccc(F)cc2F)CC(CO)O1. The molecule has 110 valence electrons. The number of hydrogen-bond acceptors (Lipinski definition) is 3. The fourth-order valence-corrected chi connectivity index (χ4v) is 2.29. The maximum absolute atomic E-state index is 13.5. The Morgan fingerprint density at radius 3 is 2.85 bits per heavy atom. The summed E-state index contributed by atoms with van der Waals surface area (Å²) in [4.78, 5) is 13.7. The molecule has 1 aromatic rings. The zero-order valence-electron chi connectivity index (χ0n) is 11.2. The second kappa shape index (κ2) is 6.28. The Bertz CT molecular complexity index is 495. The molecule has 1 N–H and O–H groups in total. The van der Waals surface area contributed by atoms with Gasteiger partial charge in [-0.3, -0.25) is 4.79 Å². The molecule has 0 spiro atoms. The molecule has 0 aromatic heterocycles. The first-order valence-corrected chi connectivity index (χ1v) is 6.47. The maximum Gasteiger partial charge on any atom is 0.227 e. The van der Waals surface area contributed by atoms with E-state index < -0.39 is 17.7 Å². The third-order valence-electron chi connectivity index (χ3n) is 3.24. The van der Waals surface area contributed by atoms with Gasteiger partial charge >= 0.3 is 0 Å². The minimum absolute atomic E-state index is 0.128. The summed E-state index contributed by atoms with van der Waals surface area (Å²) < 4.78 is 31.8. The lowest BCUT2D eigenvalue weighted by Crippen LogP contribution is -2.50. The van der Waals surface area contributed by atoms with E-state index in [0.717, 1.165) is 12.1 Å². The topological polar surface area (TPSA) is 49.8 Å². The van der Waals surface area contributed by atoms with Crippen LogP contribution in [0.25, 0.3) is 0 Å². The molecule has 0 radical (unpaired) electrons. The van der Waals surface area contributed by atoms with Crippen LogP contribution in [0.15, 0.2) is 18.2 Å². The summed E-state index contributed by atoms with van der Waals surface area (Å²) in [6.45, 7) is 2.32. The summed E-state index contributed by atoms with van der Waals surface area (Å²) in [6, 6.07) is 3.17. The van der Waals surface area contributed by atoms with E-state index in [1.54, 1.807) is 6.92 Å². The maximum atomic E-state index is 13.5. The number of benzene rings is 1. The Morgan fingerprint density at radius 2 is 2.20 bits per heavy atom. The molecule has 1 saturated heterocycles. The van der Waals surface area contributed by atoms with Crippen LogP contribution in [0.5, 0.6) is 0 Å². The molecule has 1 aliphatic rings. The third kappa shape index (κ3) is 3.52. The van der Waals surface area contributed by atoms with E-state index in [2.05, 4.69) is 0 Å². The van der Waals surface area contributed by atoms with Crippen LogP contribution in [0.2, 0.25) is 0 Å². The van der Waals surface area contributed by atoms with Crippen LogP contribution in [0, 0.1) is 11.6 Å². The zero-order chi connectivity index (χ0) is 14.7. The van der Waals surface area contributed by atoms with Crippen LogP contribution in [-0.2, 0) is 16.0 Å². The van der Waals surface area contributed by atoms with Gasteiger partial charge in [0.15, 0.2) is 0 Å². The second-order valence-electron chi connectivity index (χ2n) is 4.96. The second-order valence-corrected chi connectivity index (χ2v) is 4.96. The van der Waals surface area contributed by atoms with Crippen molar-refractivity contribution in [1.29, 1.82) is 0 Å².